The van der Waals surface area contributed by atoms with E-state index in [2.05, 4.69) is 15.4 Å². The van der Waals surface area contributed by atoms with Gasteiger partial charge in [0.1, 0.15) is 11.4 Å². The van der Waals surface area contributed by atoms with E-state index in [4.69, 9.17) is 0 Å². The minimum atomic E-state index is -2.88. The second-order valence-electron chi connectivity index (χ2n) is 5.11. The third kappa shape index (κ3) is 4.55. The largest absolute Gasteiger partial charge is 0.435 e. The Morgan fingerprint density at radius 3 is 2.50 bits per heavy atom. The summed E-state index contributed by atoms with van der Waals surface area (Å²) >= 11 is 0. The maximum Gasteiger partial charge on any atom is 0.387 e. The lowest BCUT2D eigenvalue weighted by Crippen LogP contribution is -2.33. The number of amides is 2. The van der Waals surface area contributed by atoms with Crippen LogP contribution in [0.1, 0.15) is 18.5 Å². The summed E-state index contributed by atoms with van der Waals surface area (Å²) in [6.07, 6.45) is 1.58. The number of nitrogens with zero attached hydrogens (tertiary/aromatic N) is 1. The van der Waals surface area contributed by atoms with E-state index in [9.17, 15) is 18.4 Å². The van der Waals surface area contributed by atoms with Crippen molar-refractivity contribution in [3.63, 3.8) is 0 Å². The smallest absolute Gasteiger partial charge is 0.387 e. The average molecular weight is 337 g/mol. The van der Waals surface area contributed by atoms with Gasteiger partial charge in [0.25, 0.3) is 5.56 Å². The van der Waals surface area contributed by atoms with Gasteiger partial charge in [-0.1, -0.05) is 12.1 Å². The molecule has 0 aliphatic carbocycles. The molecule has 2 rings (SSSR count). The third-order valence-electron chi connectivity index (χ3n) is 3.32. The number of anilines is 1. The average Bonchev–Trinajstić information content (AvgIpc) is 2.52. The standard InChI is InChI=1S/C16H17F2N3O3/c1-10(11-5-7-12(8-6-11)24-15(17)18)19-16(23)20-13-4-3-9-21(2)14(13)22/h3-10,15H,1-2H3,(H2,19,20,23)/t10-/m1/s1. The number of hydrogen-bond acceptors (Lipinski definition) is 3. The van der Waals surface area contributed by atoms with Gasteiger partial charge in [-0.25, -0.2) is 4.79 Å². The summed E-state index contributed by atoms with van der Waals surface area (Å²) in [6, 6.07) is 8.14. The van der Waals surface area contributed by atoms with Crippen molar-refractivity contribution < 1.29 is 18.3 Å². The number of nitrogens with one attached hydrogen (secondary N) is 2. The molecule has 0 spiro atoms. The number of ether oxygens (including phenoxy) is 1. The van der Waals surface area contributed by atoms with Crippen molar-refractivity contribution in [1.29, 1.82) is 0 Å². The van der Waals surface area contributed by atoms with Crippen LogP contribution in [0.15, 0.2) is 47.4 Å². The molecule has 0 aliphatic rings. The maximum absolute atomic E-state index is 12.1. The number of benzene rings is 1. The first-order valence-corrected chi connectivity index (χ1v) is 7.14. The van der Waals surface area contributed by atoms with Crippen LogP contribution in [0, 0.1) is 0 Å². The highest BCUT2D eigenvalue weighted by atomic mass is 19.3. The van der Waals surface area contributed by atoms with Crippen LogP contribution in [-0.2, 0) is 7.05 Å². The summed E-state index contributed by atoms with van der Waals surface area (Å²) in [7, 11) is 1.58. The Morgan fingerprint density at radius 1 is 1.21 bits per heavy atom. The number of alkyl halides is 2. The minimum absolute atomic E-state index is 0.0400. The molecule has 2 N–H and O–H groups in total. The Balaban J connectivity index is 1.98. The minimum Gasteiger partial charge on any atom is -0.435 e. The van der Waals surface area contributed by atoms with Gasteiger partial charge in [0.15, 0.2) is 0 Å². The zero-order valence-electron chi connectivity index (χ0n) is 13.1. The molecule has 0 radical (unpaired) electrons. The predicted molar refractivity (Wildman–Crippen MR) is 85.3 cm³/mol. The van der Waals surface area contributed by atoms with Crippen molar-refractivity contribution in [2.24, 2.45) is 7.05 Å². The fourth-order valence-electron chi connectivity index (χ4n) is 2.07. The number of carbonyl (C=O) groups excluding carboxylic acids is 1. The topological polar surface area (TPSA) is 72.4 Å². The number of halogens is 2. The van der Waals surface area contributed by atoms with Crippen molar-refractivity contribution in [2.75, 3.05) is 5.32 Å². The molecule has 0 saturated heterocycles. The summed E-state index contributed by atoms with van der Waals surface area (Å²) < 4.78 is 29.8. The summed E-state index contributed by atoms with van der Waals surface area (Å²) in [5.41, 5.74) is 0.534. The molecule has 0 bridgehead atoms. The molecular weight excluding hydrogens is 320 g/mol. The first kappa shape index (κ1) is 17.5. The van der Waals surface area contributed by atoms with Gasteiger partial charge in [-0.15, -0.1) is 0 Å². The van der Waals surface area contributed by atoms with Gasteiger partial charge >= 0.3 is 12.6 Å². The van der Waals surface area contributed by atoms with E-state index in [1.807, 2.05) is 0 Å². The lowest BCUT2D eigenvalue weighted by Gasteiger charge is -2.15. The Labute approximate surface area is 137 Å². The van der Waals surface area contributed by atoms with E-state index in [0.717, 1.165) is 0 Å². The van der Waals surface area contributed by atoms with Crippen LogP contribution in [0.5, 0.6) is 5.75 Å². The van der Waals surface area contributed by atoms with E-state index in [0.29, 0.717) is 5.56 Å². The van der Waals surface area contributed by atoms with Crippen LogP contribution < -0.4 is 20.9 Å². The first-order chi connectivity index (χ1) is 11.4. The van der Waals surface area contributed by atoms with Crippen LogP contribution in [0.25, 0.3) is 0 Å². The second kappa shape index (κ2) is 7.58. The van der Waals surface area contributed by atoms with Crippen molar-refractivity contribution >= 4 is 11.7 Å². The molecule has 8 heteroatoms. The van der Waals surface area contributed by atoms with Crippen LogP contribution in [0.2, 0.25) is 0 Å². The molecule has 2 amide bonds. The summed E-state index contributed by atoms with van der Waals surface area (Å²) in [5.74, 6) is 0.0400. The monoisotopic (exact) mass is 337 g/mol. The normalized spacial score (nSPS) is 11.9. The highest BCUT2D eigenvalue weighted by molar-refractivity contribution is 5.89. The highest BCUT2D eigenvalue weighted by Gasteiger charge is 2.12. The summed E-state index contributed by atoms with van der Waals surface area (Å²) in [6.45, 7) is -1.16. The maximum atomic E-state index is 12.1. The Kier molecular flexibility index (Phi) is 5.51. The molecule has 1 aromatic heterocycles. The van der Waals surface area contributed by atoms with E-state index in [1.165, 1.54) is 22.8 Å². The molecule has 0 fully saturated rings. The van der Waals surface area contributed by atoms with E-state index in [-0.39, 0.29) is 17.0 Å². The molecular formula is C16H17F2N3O3. The van der Waals surface area contributed by atoms with Gasteiger partial charge in [-0.05, 0) is 36.8 Å². The van der Waals surface area contributed by atoms with Crippen LogP contribution in [0.4, 0.5) is 19.3 Å². The van der Waals surface area contributed by atoms with Gasteiger partial charge in [0, 0.05) is 13.2 Å². The Hall–Kier alpha value is -2.90. The van der Waals surface area contributed by atoms with Gasteiger partial charge in [0.2, 0.25) is 0 Å². The van der Waals surface area contributed by atoms with E-state index >= 15 is 0 Å². The molecule has 1 heterocycles. The number of aryl methyl sites for hydroxylation is 1. The number of carbonyl (C=O) groups is 1. The first-order valence-electron chi connectivity index (χ1n) is 7.14. The van der Waals surface area contributed by atoms with Crippen molar-refractivity contribution in [3.8, 4) is 5.75 Å². The molecule has 1 aromatic carbocycles. The number of pyridine rings is 1. The summed E-state index contributed by atoms with van der Waals surface area (Å²) in [5, 5.41) is 5.15. The van der Waals surface area contributed by atoms with Crippen LogP contribution in [0.3, 0.4) is 0 Å². The number of rotatable bonds is 5. The Bertz CT molecular complexity index is 760. The number of aromatic nitrogens is 1. The van der Waals surface area contributed by atoms with E-state index < -0.39 is 18.7 Å². The van der Waals surface area contributed by atoms with E-state index in [1.54, 1.807) is 38.4 Å². The van der Waals surface area contributed by atoms with Crippen molar-refractivity contribution in [2.45, 2.75) is 19.6 Å². The molecule has 0 aliphatic heterocycles. The SMILES string of the molecule is C[C@@H](NC(=O)Nc1cccn(C)c1=O)c1ccc(OC(F)F)cc1. The fourth-order valence-corrected chi connectivity index (χ4v) is 2.07. The molecule has 0 unspecified atom stereocenters. The molecule has 2 aromatic rings. The molecule has 6 nitrogen and oxygen atoms in total. The van der Waals surface area contributed by atoms with Crippen molar-refractivity contribution in [1.82, 2.24) is 9.88 Å². The van der Waals surface area contributed by atoms with Crippen molar-refractivity contribution in [3.05, 3.63) is 58.5 Å². The quantitative estimate of drug-likeness (QED) is 0.881. The molecule has 0 saturated carbocycles. The predicted octanol–water partition coefficient (Wildman–Crippen LogP) is 2.87. The lowest BCUT2D eigenvalue weighted by molar-refractivity contribution is -0.0498. The molecule has 128 valence electrons. The fraction of sp³-hybridized carbons (Fsp3) is 0.250. The third-order valence-corrected chi connectivity index (χ3v) is 3.32. The van der Waals surface area contributed by atoms with Gasteiger partial charge < -0.3 is 19.9 Å². The van der Waals surface area contributed by atoms with Gasteiger partial charge in [-0.2, -0.15) is 8.78 Å². The molecule has 1 atom stereocenters. The lowest BCUT2D eigenvalue weighted by atomic mass is 10.1. The van der Waals surface area contributed by atoms with Crippen LogP contribution in [-0.4, -0.2) is 17.2 Å². The zero-order chi connectivity index (χ0) is 17.7. The van der Waals surface area contributed by atoms with Crippen LogP contribution >= 0.6 is 0 Å². The highest BCUT2D eigenvalue weighted by Crippen LogP contribution is 2.19. The second-order valence-corrected chi connectivity index (χ2v) is 5.11. The zero-order valence-corrected chi connectivity index (χ0v) is 13.1. The Morgan fingerprint density at radius 2 is 1.88 bits per heavy atom. The number of hydrogen-bond donors (Lipinski definition) is 2. The molecule has 24 heavy (non-hydrogen) atoms. The van der Waals surface area contributed by atoms with Gasteiger partial charge in [0.05, 0.1) is 6.04 Å². The van der Waals surface area contributed by atoms with Gasteiger partial charge in [-0.3, -0.25) is 4.79 Å². The summed E-state index contributed by atoms with van der Waals surface area (Å²) in [4.78, 5) is 23.8. The number of urea groups is 1.